The first-order valence-electron chi connectivity index (χ1n) is 4.40. The number of benzene rings is 1. The summed E-state index contributed by atoms with van der Waals surface area (Å²) < 4.78 is 4.50. The van der Waals surface area contributed by atoms with Crippen molar-refractivity contribution in [1.29, 1.82) is 0 Å². The quantitative estimate of drug-likeness (QED) is 0.753. The summed E-state index contributed by atoms with van der Waals surface area (Å²) in [6.45, 7) is 1.02. The van der Waals surface area contributed by atoms with Crippen LogP contribution in [-0.4, -0.2) is 16.6 Å². The molecule has 1 nitrogen and oxygen atoms in total. The molecule has 0 fully saturated rings. The Kier molecular flexibility index (Phi) is 3.26. The SMILES string of the molecule is CSCCn1c(=S)sc2ccccc21. The Morgan fingerprint density at radius 1 is 1.43 bits per heavy atom. The molecule has 0 atom stereocenters. The van der Waals surface area contributed by atoms with Crippen molar-refractivity contribution in [2.24, 2.45) is 0 Å². The minimum atomic E-state index is 0.986. The molecule has 4 heteroatoms. The molecular weight excluding hydrogens is 230 g/mol. The summed E-state index contributed by atoms with van der Waals surface area (Å²) in [5, 5.41) is 0. The molecule has 1 aromatic carbocycles. The first-order valence-corrected chi connectivity index (χ1v) is 7.02. The zero-order valence-corrected chi connectivity index (χ0v) is 10.3. The predicted molar refractivity (Wildman–Crippen MR) is 69.0 cm³/mol. The van der Waals surface area contributed by atoms with Crippen LogP contribution in [-0.2, 0) is 6.54 Å². The Labute approximate surface area is 96.8 Å². The van der Waals surface area contributed by atoms with Crippen molar-refractivity contribution in [3.63, 3.8) is 0 Å². The van der Waals surface area contributed by atoms with E-state index >= 15 is 0 Å². The van der Waals surface area contributed by atoms with E-state index in [1.807, 2.05) is 11.8 Å². The molecule has 1 heterocycles. The monoisotopic (exact) mass is 241 g/mol. The molecule has 0 aliphatic carbocycles. The van der Waals surface area contributed by atoms with Crippen LogP contribution in [0.1, 0.15) is 0 Å². The highest BCUT2D eigenvalue weighted by Gasteiger charge is 2.02. The van der Waals surface area contributed by atoms with Gasteiger partial charge in [0, 0.05) is 12.3 Å². The van der Waals surface area contributed by atoms with Crippen molar-refractivity contribution >= 4 is 45.5 Å². The standard InChI is InChI=1S/C10H11NS3/c1-13-7-6-11-8-4-2-3-5-9(8)14-10(11)12/h2-5H,6-7H2,1H3. The van der Waals surface area contributed by atoms with E-state index in [-0.39, 0.29) is 0 Å². The molecular formula is C10H11NS3. The van der Waals surface area contributed by atoms with Crippen molar-refractivity contribution in [3.8, 4) is 0 Å². The molecule has 0 bridgehead atoms. The number of hydrogen-bond donors (Lipinski definition) is 0. The number of fused-ring (bicyclic) bond motifs is 1. The highest BCUT2D eigenvalue weighted by molar-refractivity contribution is 7.98. The maximum Gasteiger partial charge on any atom is 0.162 e. The molecule has 0 saturated carbocycles. The van der Waals surface area contributed by atoms with Crippen molar-refractivity contribution < 1.29 is 0 Å². The smallest absolute Gasteiger partial charge is 0.162 e. The van der Waals surface area contributed by atoms with Gasteiger partial charge in [-0.1, -0.05) is 12.1 Å². The first-order chi connectivity index (χ1) is 6.83. The largest absolute Gasteiger partial charge is 0.322 e. The fourth-order valence-corrected chi connectivity index (χ4v) is 3.15. The van der Waals surface area contributed by atoms with Crippen LogP contribution in [0.3, 0.4) is 0 Å². The Bertz CT molecular complexity index is 483. The first kappa shape index (κ1) is 10.2. The molecule has 1 aromatic heterocycles. The second-order valence-electron chi connectivity index (χ2n) is 2.98. The van der Waals surface area contributed by atoms with Gasteiger partial charge in [-0.25, -0.2) is 0 Å². The number of para-hydroxylation sites is 1. The lowest BCUT2D eigenvalue weighted by molar-refractivity contribution is 0.804. The molecule has 0 aliphatic rings. The van der Waals surface area contributed by atoms with Gasteiger partial charge < -0.3 is 4.57 Å². The highest BCUT2D eigenvalue weighted by Crippen LogP contribution is 2.22. The molecule has 0 aliphatic heterocycles. The van der Waals surface area contributed by atoms with Gasteiger partial charge >= 0.3 is 0 Å². The average Bonchev–Trinajstić information content (AvgIpc) is 2.51. The number of rotatable bonds is 3. The van der Waals surface area contributed by atoms with Crippen molar-refractivity contribution in [2.75, 3.05) is 12.0 Å². The minimum Gasteiger partial charge on any atom is -0.322 e. The molecule has 0 N–H and O–H groups in total. The van der Waals surface area contributed by atoms with Gasteiger partial charge in [-0.3, -0.25) is 0 Å². The van der Waals surface area contributed by atoms with E-state index in [1.54, 1.807) is 11.3 Å². The normalized spacial score (nSPS) is 10.9. The van der Waals surface area contributed by atoms with Crippen LogP contribution in [0.2, 0.25) is 0 Å². The van der Waals surface area contributed by atoms with E-state index in [0.717, 1.165) is 16.3 Å². The fraction of sp³-hybridized carbons (Fsp3) is 0.300. The number of hydrogen-bond acceptors (Lipinski definition) is 3. The van der Waals surface area contributed by atoms with Gasteiger partial charge in [-0.05, 0) is 30.6 Å². The van der Waals surface area contributed by atoms with Gasteiger partial charge in [0.05, 0.1) is 10.2 Å². The lowest BCUT2D eigenvalue weighted by Gasteiger charge is -2.02. The lowest BCUT2D eigenvalue weighted by atomic mass is 10.3. The summed E-state index contributed by atoms with van der Waals surface area (Å²) in [6.07, 6.45) is 2.12. The maximum atomic E-state index is 5.34. The Hall–Kier alpha value is -0.320. The second-order valence-corrected chi connectivity index (χ2v) is 5.64. The molecule has 2 aromatic rings. The molecule has 0 saturated heterocycles. The third kappa shape index (κ3) is 1.87. The van der Waals surface area contributed by atoms with Crippen molar-refractivity contribution in [3.05, 3.63) is 28.2 Å². The van der Waals surface area contributed by atoms with Crippen molar-refractivity contribution in [1.82, 2.24) is 4.57 Å². The van der Waals surface area contributed by atoms with Crippen molar-refractivity contribution in [2.45, 2.75) is 6.54 Å². The molecule has 74 valence electrons. The maximum absolute atomic E-state index is 5.34. The van der Waals surface area contributed by atoms with Gasteiger partial charge in [0.15, 0.2) is 3.95 Å². The molecule has 0 spiro atoms. The molecule has 0 radical (unpaired) electrons. The van der Waals surface area contributed by atoms with Crippen LogP contribution in [0.5, 0.6) is 0 Å². The Morgan fingerprint density at radius 3 is 3.00 bits per heavy atom. The van der Waals surface area contributed by atoms with E-state index in [4.69, 9.17) is 12.2 Å². The third-order valence-electron chi connectivity index (χ3n) is 2.09. The highest BCUT2D eigenvalue weighted by atomic mass is 32.2. The van der Waals surface area contributed by atoms with Gasteiger partial charge in [0.1, 0.15) is 0 Å². The van der Waals surface area contributed by atoms with E-state index in [9.17, 15) is 0 Å². The van der Waals surface area contributed by atoms with Gasteiger partial charge in [-0.2, -0.15) is 11.8 Å². The summed E-state index contributed by atoms with van der Waals surface area (Å²) in [7, 11) is 0. The van der Waals surface area contributed by atoms with Gasteiger partial charge in [0.25, 0.3) is 0 Å². The second kappa shape index (κ2) is 4.47. The predicted octanol–water partition coefficient (Wildman–Crippen LogP) is 3.80. The Balaban J connectivity index is 2.51. The summed E-state index contributed by atoms with van der Waals surface area (Å²) in [5.74, 6) is 1.12. The van der Waals surface area contributed by atoms with Crippen LogP contribution in [0.25, 0.3) is 10.2 Å². The average molecular weight is 241 g/mol. The number of thiazole rings is 1. The van der Waals surface area contributed by atoms with Crippen LogP contribution in [0, 0.1) is 3.95 Å². The molecule has 2 rings (SSSR count). The lowest BCUT2D eigenvalue weighted by Crippen LogP contribution is -1.99. The minimum absolute atomic E-state index is 0.986. The zero-order valence-electron chi connectivity index (χ0n) is 7.90. The third-order valence-corrected chi connectivity index (χ3v) is 4.11. The number of aromatic nitrogens is 1. The fourth-order valence-electron chi connectivity index (χ4n) is 1.41. The van der Waals surface area contributed by atoms with E-state index in [1.165, 1.54) is 10.2 Å². The van der Waals surface area contributed by atoms with Gasteiger partial charge in [0.2, 0.25) is 0 Å². The number of aryl methyl sites for hydroxylation is 1. The topological polar surface area (TPSA) is 4.93 Å². The Morgan fingerprint density at radius 2 is 2.21 bits per heavy atom. The van der Waals surface area contributed by atoms with Crippen LogP contribution < -0.4 is 0 Å². The summed E-state index contributed by atoms with van der Waals surface area (Å²) in [6, 6.07) is 8.40. The van der Waals surface area contributed by atoms with E-state index < -0.39 is 0 Å². The molecule has 0 unspecified atom stereocenters. The van der Waals surface area contributed by atoms with E-state index in [0.29, 0.717) is 0 Å². The molecule has 0 amide bonds. The summed E-state index contributed by atoms with van der Waals surface area (Å²) >= 11 is 8.89. The van der Waals surface area contributed by atoms with Crippen LogP contribution >= 0.6 is 35.3 Å². The zero-order chi connectivity index (χ0) is 9.97. The van der Waals surface area contributed by atoms with E-state index in [2.05, 4.69) is 35.1 Å². The summed E-state index contributed by atoms with van der Waals surface area (Å²) in [4.78, 5) is 0. The summed E-state index contributed by atoms with van der Waals surface area (Å²) in [5.41, 5.74) is 1.27. The van der Waals surface area contributed by atoms with Crippen LogP contribution in [0.4, 0.5) is 0 Å². The number of thioether (sulfide) groups is 1. The van der Waals surface area contributed by atoms with Gasteiger partial charge in [-0.15, -0.1) is 11.3 Å². The molecule has 14 heavy (non-hydrogen) atoms. The van der Waals surface area contributed by atoms with Crippen LogP contribution in [0.15, 0.2) is 24.3 Å². The number of nitrogens with zero attached hydrogens (tertiary/aromatic N) is 1.